The fourth-order valence-electron chi connectivity index (χ4n) is 4.12. The molecule has 174 valence electrons. The molecule has 1 aliphatic heterocycles. The number of rotatable bonds is 4. The van der Waals surface area contributed by atoms with Crippen LogP contribution in [0.2, 0.25) is 0 Å². The van der Waals surface area contributed by atoms with Crippen LogP contribution < -0.4 is 4.90 Å². The number of aryl methyl sites for hydroxylation is 2. The highest BCUT2D eigenvalue weighted by atomic mass is 19.4. The Labute approximate surface area is 195 Å². The summed E-state index contributed by atoms with van der Waals surface area (Å²) in [5.74, 6) is -2.15. The normalized spacial score (nSPS) is 17.9. The maximum Gasteiger partial charge on any atom is 0.416 e. The first-order chi connectivity index (χ1) is 16.1. The summed E-state index contributed by atoms with van der Waals surface area (Å²) in [6, 6.07) is 17.1. The summed E-state index contributed by atoms with van der Waals surface area (Å²) in [6.07, 6.45) is -3.74. The van der Waals surface area contributed by atoms with Crippen LogP contribution >= 0.6 is 0 Å². The Kier molecular flexibility index (Phi) is 6.04. The average Bonchev–Trinajstić information content (AvgIpc) is 3.08. The zero-order valence-corrected chi connectivity index (χ0v) is 18.6. The third kappa shape index (κ3) is 4.21. The van der Waals surface area contributed by atoms with E-state index in [2.05, 4.69) is 0 Å². The van der Waals surface area contributed by atoms with Gasteiger partial charge >= 0.3 is 6.18 Å². The molecule has 4 rings (SSSR count). The molecule has 0 aliphatic carbocycles. The van der Waals surface area contributed by atoms with E-state index in [9.17, 15) is 27.9 Å². The second-order valence-corrected chi connectivity index (χ2v) is 8.18. The van der Waals surface area contributed by atoms with Gasteiger partial charge in [-0.25, -0.2) is 0 Å². The lowest BCUT2D eigenvalue weighted by molar-refractivity contribution is -0.137. The summed E-state index contributed by atoms with van der Waals surface area (Å²) in [4.78, 5) is 27.4. The lowest BCUT2D eigenvalue weighted by Crippen LogP contribution is -2.29. The Balaban J connectivity index is 1.89. The van der Waals surface area contributed by atoms with Gasteiger partial charge in [-0.05, 0) is 48.7 Å². The Morgan fingerprint density at radius 2 is 1.62 bits per heavy atom. The first-order valence-corrected chi connectivity index (χ1v) is 10.8. The Bertz CT molecular complexity index is 1280. The van der Waals surface area contributed by atoms with Gasteiger partial charge in [-0.2, -0.15) is 13.2 Å². The smallest absolute Gasteiger partial charge is 0.416 e. The molecule has 1 aliphatic rings. The molecule has 1 fully saturated rings. The van der Waals surface area contributed by atoms with Crippen molar-refractivity contribution in [3.05, 3.63) is 106 Å². The molecule has 1 unspecified atom stereocenters. The predicted molar refractivity (Wildman–Crippen MR) is 123 cm³/mol. The molecule has 1 saturated heterocycles. The van der Waals surface area contributed by atoms with E-state index < -0.39 is 29.5 Å². The molecule has 1 amide bonds. The number of benzene rings is 3. The van der Waals surface area contributed by atoms with E-state index in [4.69, 9.17) is 0 Å². The molecule has 0 bridgehead atoms. The Hall–Kier alpha value is -3.87. The van der Waals surface area contributed by atoms with Crippen LogP contribution in [0.5, 0.6) is 0 Å². The van der Waals surface area contributed by atoms with E-state index >= 15 is 0 Å². The van der Waals surface area contributed by atoms with Crippen molar-refractivity contribution in [2.24, 2.45) is 0 Å². The third-order valence-corrected chi connectivity index (χ3v) is 5.91. The molecule has 34 heavy (non-hydrogen) atoms. The maximum atomic E-state index is 13.1. The first kappa shape index (κ1) is 23.3. The number of Topliss-reactive ketones (excluding diaryl/α,β-unsaturated/α-hetero) is 1. The van der Waals surface area contributed by atoms with Gasteiger partial charge in [0.1, 0.15) is 5.76 Å². The first-order valence-electron chi connectivity index (χ1n) is 10.8. The predicted octanol–water partition coefficient (Wildman–Crippen LogP) is 6.20. The minimum Gasteiger partial charge on any atom is -0.507 e. The van der Waals surface area contributed by atoms with Crippen molar-refractivity contribution in [1.82, 2.24) is 0 Å². The summed E-state index contributed by atoms with van der Waals surface area (Å²) in [5.41, 5.74) is 1.99. The van der Waals surface area contributed by atoms with E-state index in [-0.39, 0.29) is 17.0 Å². The van der Waals surface area contributed by atoms with Crippen molar-refractivity contribution in [2.45, 2.75) is 32.5 Å². The molecular formula is C27H22F3NO3. The number of anilines is 1. The lowest BCUT2D eigenvalue weighted by Gasteiger charge is -2.26. The molecule has 0 radical (unpaired) electrons. The lowest BCUT2D eigenvalue weighted by atomic mass is 9.94. The zero-order valence-electron chi connectivity index (χ0n) is 18.6. The second-order valence-electron chi connectivity index (χ2n) is 8.18. The number of amides is 1. The quantitative estimate of drug-likeness (QED) is 0.283. The fraction of sp³-hybridized carbons (Fsp3) is 0.185. The molecule has 1 heterocycles. The largest absolute Gasteiger partial charge is 0.507 e. The molecule has 1 N–H and O–H groups in total. The van der Waals surface area contributed by atoms with Crippen LogP contribution in [0.3, 0.4) is 0 Å². The minimum absolute atomic E-state index is 0.111. The van der Waals surface area contributed by atoms with E-state index in [1.165, 1.54) is 0 Å². The van der Waals surface area contributed by atoms with E-state index in [0.29, 0.717) is 11.1 Å². The highest BCUT2D eigenvalue weighted by Gasteiger charge is 2.47. The van der Waals surface area contributed by atoms with E-state index in [1.807, 2.05) is 32.0 Å². The Morgan fingerprint density at radius 3 is 2.18 bits per heavy atom. The fourth-order valence-corrected chi connectivity index (χ4v) is 4.12. The van der Waals surface area contributed by atoms with Gasteiger partial charge in [0.15, 0.2) is 0 Å². The number of carbonyl (C=O) groups is 2. The number of aliphatic hydroxyl groups excluding tert-OH is 1. The van der Waals surface area contributed by atoms with Gasteiger partial charge in [0.2, 0.25) is 0 Å². The van der Waals surface area contributed by atoms with Crippen LogP contribution in [0.1, 0.15) is 40.8 Å². The van der Waals surface area contributed by atoms with Crippen molar-refractivity contribution in [3.8, 4) is 0 Å². The number of aliphatic hydroxyl groups is 1. The molecule has 4 nitrogen and oxygen atoms in total. The number of alkyl halides is 3. The molecule has 7 heteroatoms. The molecule has 3 aromatic rings. The topological polar surface area (TPSA) is 57.6 Å². The van der Waals surface area contributed by atoms with Gasteiger partial charge in [0, 0.05) is 11.3 Å². The molecular weight excluding hydrogens is 443 g/mol. The standard InChI is InChI=1S/C27H22F3NO3/c1-3-17-7-9-18(10-8-17)24(32)22-23(19-6-4-5-16(2)15-19)31(26(34)25(22)33)21-13-11-20(12-14-21)27(28,29)30/h4-15,23,32H,3H2,1-2H3/b24-22+. The van der Waals surface area contributed by atoms with Crippen molar-refractivity contribution in [1.29, 1.82) is 0 Å². The molecule has 3 aromatic carbocycles. The summed E-state index contributed by atoms with van der Waals surface area (Å²) in [7, 11) is 0. The van der Waals surface area contributed by atoms with Crippen LogP contribution in [0, 0.1) is 6.92 Å². The molecule has 0 spiro atoms. The summed E-state index contributed by atoms with van der Waals surface area (Å²) < 4.78 is 39.2. The second kappa shape index (κ2) is 8.82. The van der Waals surface area contributed by atoms with Crippen molar-refractivity contribution >= 4 is 23.1 Å². The number of hydrogen-bond donors (Lipinski definition) is 1. The summed E-state index contributed by atoms with van der Waals surface area (Å²) in [5, 5.41) is 11.1. The van der Waals surface area contributed by atoms with E-state index in [1.54, 1.807) is 30.3 Å². The SMILES string of the molecule is CCc1ccc(/C(O)=C2\C(=O)C(=O)N(c3ccc(C(F)(F)F)cc3)C2c2cccc(C)c2)cc1. The monoisotopic (exact) mass is 465 g/mol. The minimum atomic E-state index is -4.53. The highest BCUT2D eigenvalue weighted by molar-refractivity contribution is 6.51. The van der Waals surface area contributed by atoms with Gasteiger partial charge in [-0.3, -0.25) is 14.5 Å². The number of hydrogen-bond acceptors (Lipinski definition) is 3. The summed E-state index contributed by atoms with van der Waals surface area (Å²) >= 11 is 0. The van der Waals surface area contributed by atoms with Gasteiger partial charge in [-0.1, -0.05) is 61.0 Å². The van der Waals surface area contributed by atoms with Crippen molar-refractivity contribution in [3.63, 3.8) is 0 Å². The Morgan fingerprint density at radius 1 is 0.971 bits per heavy atom. The van der Waals surface area contributed by atoms with Crippen molar-refractivity contribution in [2.75, 3.05) is 4.90 Å². The third-order valence-electron chi connectivity index (χ3n) is 5.91. The maximum absolute atomic E-state index is 13.1. The van der Waals surface area contributed by atoms with Crippen LogP contribution in [-0.4, -0.2) is 16.8 Å². The number of carbonyl (C=O) groups excluding carboxylic acids is 2. The number of halogens is 3. The molecule has 0 saturated carbocycles. The highest BCUT2D eigenvalue weighted by Crippen LogP contribution is 2.43. The van der Waals surface area contributed by atoms with Gasteiger partial charge in [0.25, 0.3) is 11.7 Å². The molecule has 1 atom stereocenters. The molecule has 0 aromatic heterocycles. The van der Waals surface area contributed by atoms with Gasteiger partial charge in [-0.15, -0.1) is 0 Å². The number of ketones is 1. The van der Waals surface area contributed by atoms with Gasteiger partial charge < -0.3 is 5.11 Å². The van der Waals surface area contributed by atoms with Crippen LogP contribution in [0.15, 0.2) is 78.4 Å². The van der Waals surface area contributed by atoms with E-state index in [0.717, 1.165) is 46.7 Å². The van der Waals surface area contributed by atoms with Crippen molar-refractivity contribution < 1.29 is 27.9 Å². The zero-order chi connectivity index (χ0) is 24.6. The van der Waals surface area contributed by atoms with Crippen LogP contribution in [-0.2, 0) is 22.2 Å². The van der Waals surface area contributed by atoms with Gasteiger partial charge in [0.05, 0.1) is 17.2 Å². The van der Waals surface area contributed by atoms with Crippen LogP contribution in [0.4, 0.5) is 18.9 Å². The number of nitrogens with zero attached hydrogens (tertiary/aromatic N) is 1. The average molecular weight is 465 g/mol. The van der Waals surface area contributed by atoms with Crippen LogP contribution in [0.25, 0.3) is 5.76 Å². The summed E-state index contributed by atoms with van der Waals surface area (Å²) in [6.45, 7) is 3.83.